The minimum atomic E-state index is 0.440. The summed E-state index contributed by atoms with van der Waals surface area (Å²) in [6.45, 7) is 3.03. The lowest BCUT2D eigenvalue weighted by Crippen LogP contribution is -2.37. The fourth-order valence-electron chi connectivity index (χ4n) is 2.86. The molecule has 3 rings (SSSR count). The first-order chi connectivity index (χ1) is 6.95. The Morgan fingerprint density at radius 1 is 1.21 bits per heavy atom. The van der Waals surface area contributed by atoms with Crippen LogP contribution >= 0.6 is 0 Å². The molecule has 1 saturated carbocycles. The molecule has 0 bridgehead atoms. The van der Waals surface area contributed by atoms with Crippen LogP contribution in [0.15, 0.2) is 23.8 Å². The molecule has 0 aromatic carbocycles. The number of rotatable bonds is 1. The molecule has 2 unspecified atom stereocenters. The van der Waals surface area contributed by atoms with E-state index in [1.807, 2.05) is 0 Å². The normalized spacial score (nSPS) is 37.3. The van der Waals surface area contributed by atoms with Crippen molar-refractivity contribution >= 4 is 0 Å². The number of fused-ring (bicyclic) bond motifs is 1. The smallest absolute Gasteiger partial charge is 0.141 e. The summed E-state index contributed by atoms with van der Waals surface area (Å²) in [7, 11) is 0. The van der Waals surface area contributed by atoms with Gasteiger partial charge in [0.25, 0.3) is 0 Å². The van der Waals surface area contributed by atoms with Gasteiger partial charge in [-0.05, 0) is 24.3 Å². The van der Waals surface area contributed by atoms with Gasteiger partial charge in [-0.3, -0.25) is 10.6 Å². The predicted octanol–water partition coefficient (Wildman–Crippen LogP) is 1.60. The Labute approximate surface area is 85.5 Å². The summed E-state index contributed by atoms with van der Waals surface area (Å²) in [6, 6.07) is 0.915. The number of allylic oxidation sites excluding steroid dienone is 2. The van der Waals surface area contributed by atoms with Gasteiger partial charge in [0.2, 0.25) is 0 Å². The highest BCUT2D eigenvalue weighted by atomic mass is 15.2. The molecule has 2 atom stereocenters. The highest BCUT2D eigenvalue weighted by Gasteiger charge is 2.34. The van der Waals surface area contributed by atoms with Crippen molar-refractivity contribution in [2.24, 2.45) is 5.92 Å². The Kier molecular flexibility index (Phi) is 2.18. The van der Waals surface area contributed by atoms with Crippen LogP contribution in [0.3, 0.4) is 0 Å². The highest BCUT2D eigenvalue weighted by Crippen LogP contribution is 2.35. The summed E-state index contributed by atoms with van der Waals surface area (Å²) in [5, 5.41) is 6.53. The van der Waals surface area contributed by atoms with Crippen molar-refractivity contribution in [1.29, 1.82) is 0 Å². The molecule has 1 saturated heterocycles. The van der Waals surface area contributed by atoms with Gasteiger partial charge < -0.3 is 0 Å². The fourth-order valence-corrected chi connectivity index (χ4v) is 2.86. The molecule has 0 aromatic rings. The van der Waals surface area contributed by atoms with E-state index in [2.05, 4.69) is 35.5 Å². The van der Waals surface area contributed by atoms with Crippen LogP contribution in [0.25, 0.3) is 0 Å². The third-order valence-corrected chi connectivity index (χ3v) is 3.62. The maximum atomic E-state index is 3.30. The monoisotopic (exact) mass is 188 g/mol. The van der Waals surface area contributed by atoms with E-state index in [9.17, 15) is 0 Å². The quantitative estimate of drug-likeness (QED) is 0.653. The Bertz CT molecular complexity index is 274. The zero-order valence-electron chi connectivity index (χ0n) is 8.29. The van der Waals surface area contributed by atoms with Crippen molar-refractivity contribution in [2.75, 3.05) is 0 Å². The first-order valence-electron chi connectivity index (χ1n) is 5.59. The molecule has 2 aliphatic carbocycles. The maximum absolute atomic E-state index is 3.30. The van der Waals surface area contributed by atoms with E-state index >= 15 is 0 Å². The Balaban J connectivity index is 1.82. The van der Waals surface area contributed by atoms with Gasteiger partial charge in [-0.2, -0.15) is 0 Å². The van der Waals surface area contributed by atoms with Crippen LogP contribution in [0.1, 0.15) is 25.7 Å². The summed E-state index contributed by atoms with van der Waals surface area (Å²) in [4.78, 5) is 0. The molecule has 0 spiro atoms. The number of hydrogen-bond acceptors (Lipinski definition) is 2. The molecule has 2 fully saturated rings. The minimum Gasteiger partial charge on any atom is -0.285 e. The SMILES string of the molecule is [C]1NC2C=CC=C(C3CCCC3)C2N1. The van der Waals surface area contributed by atoms with Crippen LogP contribution < -0.4 is 10.6 Å². The molecule has 0 aromatic heterocycles. The zero-order chi connectivity index (χ0) is 9.38. The van der Waals surface area contributed by atoms with Gasteiger partial charge in [0.1, 0.15) is 6.67 Å². The van der Waals surface area contributed by atoms with Crippen LogP contribution in [-0.2, 0) is 0 Å². The van der Waals surface area contributed by atoms with E-state index < -0.39 is 0 Å². The van der Waals surface area contributed by atoms with Gasteiger partial charge >= 0.3 is 0 Å². The average molecular weight is 188 g/mol. The second-order valence-electron chi connectivity index (χ2n) is 4.45. The van der Waals surface area contributed by atoms with Gasteiger partial charge in [-0.15, -0.1) is 0 Å². The largest absolute Gasteiger partial charge is 0.285 e. The average Bonchev–Trinajstić information content (AvgIpc) is 2.88. The molecule has 3 aliphatic rings. The van der Waals surface area contributed by atoms with Crippen LogP contribution in [-0.4, -0.2) is 12.1 Å². The van der Waals surface area contributed by atoms with Crippen molar-refractivity contribution in [2.45, 2.75) is 37.8 Å². The lowest BCUT2D eigenvalue weighted by Gasteiger charge is -2.26. The van der Waals surface area contributed by atoms with E-state index in [0.717, 1.165) is 5.92 Å². The van der Waals surface area contributed by atoms with Gasteiger partial charge in [-0.25, -0.2) is 0 Å². The summed E-state index contributed by atoms with van der Waals surface area (Å²) in [6.07, 6.45) is 12.3. The molecular weight excluding hydrogens is 172 g/mol. The van der Waals surface area contributed by atoms with Gasteiger partial charge in [0.15, 0.2) is 0 Å². The van der Waals surface area contributed by atoms with Crippen LogP contribution in [0.5, 0.6) is 0 Å². The van der Waals surface area contributed by atoms with Crippen molar-refractivity contribution in [1.82, 2.24) is 10.6 Å². The second-order valence-corrected chi connectivity index (χ2v) is 4.45. The Hall–Kier alpha value is -0.600. The van der Waals surface area contributed by atoms with E-state index in [-0.39, 0.29) is 0 Å². The summed E-state index contributed by atoms with van der Waals surface area (Å²) in [5.74, 6) is 0.821. The predicted molar refractivity (Wildman–Crippen MR) is 56.3 cm³/mol. The van der Waals surface area contributed by atoms with Crippen LogP contribution in [0.2, 0.25) is 0 Å². The third-order valence-electron chi connectivity index (χ3n) is 3.62. The lowest BCUT2D eigenvalue weighted by molar-refractivity contribution is 0.529. The molecule has 0 amide bonds. The Morgan fingerprint density at radius 3 is 2.93 bits per heavy atom. The standard InChI is InChI=1S/C12H16N2/c1-2-5-9(4-1)10-6-3-7-11-12(10)14-8-13-11/h3,6-7,9,11-14H,1-2,4-5H2. The van der Waals surface area contributed by atoms with Gasteiger partial charge in [0.05, 0.1) is 0 Å². The minimum absolute atomic E-state index is 0.440. The molecule has 1 heterocycles. The Morgan fingerprint density at radius 2 is 2.07 bits per heavy atom. The zero-order valence-corrected chi connectivity index (χ0v) is 8.29. The molecule has 2 N–H and O–H groups in total. The molecule has 2 heteroatoms. The van der Waals surface area contributed by atoms with Crippen molar-refractivity contribution in [3.63, 3.8) is 0 Å². The second kappa shape index (κ2) is 3.52. The maximum Gasteiger partial charge on any atom is 0.141 e. The molecule has 1 aliphatic heterocycles. The summed E-state index contributed by atoms with van der Waals surface area (Å²) >= 11 is 0. The number of hydrogen-bond donors (Lipinski definition) is 2. The van der Waals surface area contributed by atoms with Gasteiger partial charge in [0, 0.05) is 12.1 Å². The fraction of sp³-hybridized carbons (Fsp3) is 0.583. The summed E-state index contributed by atoms with van der Waals surface area (Å²) in [5.41, 5.74) is 1.59. The van der Waals surface area contributed by atoms with Crippen molar-refractivity contribution < 1.29 is 0 Å². The first kappa shape index (κ1) is 8.69. The lowest BCUT2D eigenvalue weighted by atomic mass is 9.85. The molecule has 2 radical (unpaired) electrons. The highest BCUT2D eigenvalue weighted by molar-refractivity contribution is 5.33. The number of nitrogens with one attached hydrogen (secondary N) is 2. The van der Waals surface area contributed by atoms with Gasteiger partial charge in [-0.1, -0.05) is 31.1 Å². The van der Waals surface area contributed by atoms with E-state index in [0.29, 0.717) is 12.1 Å². The first-order valence-corrected chi connectivity index (χ1v) is 5.59. The molecular formula is C12H16N2. The van der Waals surface area contributed by atoms with Crippen molar-refractivity contribution in [3.8, 4) is 0 Å². The summed E-state index contributed by atoms with van der Waals surface area (Å²) < 4.78 is 0. The van der Waals surface area contributed by atoms with E-state index in [1.165, 1.54) is 25.7 Å². The third kappa shape index (κ3) is 1.33. The van der Waals surface area contributed by atoms with Crippen molar-refractivity contribution in [3.05, 3.63) is 30.5 Å². The topological polar surface area (TPSA) is 24.1 Å². The van der Waals surface area contributed by atoms with E-state index in [4.69, 9.17) is 0 Å². The van der Waals surface area contributed by atoms with Crippen LogP contribution in [0.4, 0.5) is 0 Å². The molecule has 14 heavy (non-hydrogen) atoms. The van der Waals surface area contributed by atoms with E-state index in [1.54, 1.807) is 5.57 Å². The van der Waals surface area contributed by atoms with Crippen LogP contribution in [0, 0.1) is 12.6 Å². The molecule has 2 nitrogen and oxygen atoms in total. The molecule has 74 valence electrons.